The van der Waals surface area contributed by atoms with Gasteiger partial charge in [-0.3, -0.25) is 0 Å². The highest BCUT2D eigenvalue weighted by molar-refractivity contribution is 4.95. The Morgan fingerprint density at radius 3 is 2.76 bits per heavy atom. The van der Waals surface area contributed by atoms with Gasteiger partial charge in [-0.25, -0.2) is 0 Å². The maximum Gasteiger partial charge on any atom is 0.0693 e. The van der Waals surface area contributed by atoms with E-state index in [9.17, 15) is 10.2 Å². The van der Waals surface area contributed by atoms with E-state index in [1.54, 1.807) is 0 Å². The normalized spacial score (nSPS) is 38.0. The summed E-state index contributed by atoms with van der Waals surface area (Å²) in [6.07, 6.45) is 11.3. The molecule has 3 N–H and O–H groups in total. The summed E-state index contributed by atoms with van der Waals surface area (Å²) in [5, 5.41) is 23.6. The van der Waals surface area contributed by atoms with Gasteiger partial charge in [-0.05, 0) is 44.4 Å². The minimum Gasteiger partial charge on any atom is -0.393 e. The summed E-state index contributed by atoms with van der Waals surface area (Å²) in [6.45, 7) is 4.24. The average molecular weight is 297 g/mol. The SMILES string of the molecule is CCCC(O)CCCC[C@H]1CCC[C@H]2N[C@@H](C)[C@H](O)C[C@@H]12. The van der Waals surface area contributed by atoms with Crippen molar-refractivity contribution in [2.75, 3.05) is 0 Å². The number of hydrogen-bond acceptors (Lipinski definition) is 3. The minimum atomic E-state index is -0.168. The molecule has 1 saturated heterocycles. The number of piperidine rings is 1. The molecule has 21 heavy (non-hydrogen) atoms. The summed E-state index contributed by atoms with van der Waals surface area (Å²) in [5.41, 5.74) is 0. The van der Waals surface area contributed by atoms with Crippen molar-refractivity contribution in [2.45, 2.75) is 102 Å². The van der Waals surface area contributed by atoms with Crippen LogP contribution in [0, 0.1) is 11.8 Å². The topological polar surface area (TPSA) is 52.5 Å². The third kappa shape index (κ3) is 4.94. The lowest BCUT2D eigenvalue weighted by Gasteiger charge is -2.46. The molecule has 0 bridgehead atoms. The second-order valence-corrected chi connectivity index (χ2v) is 7.45. The lowest BCUT2D eigenvalue weighted by atomic mass is 9.68. The van der Waals surface area contributed by atoms with Crippen LogP contribution in [0.25, 0.3) is 0 Å². The Morgan fingerprint density at radius 2 is 2.00 bits per heavy atom. The van der Waals surface area contributed by atoms with Crippen molar-refractivity contribution >= 4 is 0 Å². The number of aliphatic hydroxyl groups is 2. The summed E-state index contributed by atoms with van der Waals surface area (Å²) in [4.78, 5) is 0. The quantitative estimate of drug-likeness (QED) is 0.632. The zero-order valence-electron chi connectivity index (χ0n) is 13.9. The average Bonchev–Trinajstić information content (AvgIpc) is 2.45. The lowest BCUT2D eigenvalue weighted by molar-refractivity contribution is 0.0123. The van der Waals surface area contributed by atoms with Gasteiger partial charge >= 0.3 is 0 Å². The van der Waals surface area contributed by atoms with E-state index in [-0.39, 0.29) is 18.2 Å². The van der Waals surface area contributed by atoms with E-state index in [2.05, 4.69) is 19.2 Å². The Kier molecular flexibility index (Phi) is 6.97. The molecule has 2 aliphatic rings. The Hall–Kier alpha value is -0.120. The molecule has 1 heterocycles. The van der Waals surface area contributed by atoms with E-state index in [1.807, 2.05) is 0 Å². The predicted octanol–water partition coefficient (Wildman–Crippen LogP) is 3.24. The maximum atomic E-state index is 10.1. The largest absolute Gasteiger partial charge is 0.393 e. The summed E-state index contributed by atoms with van der Waals surface area (Å²) in [7, 11) is 0. The fourth-order valence-corrected chi connectivity index (χ4v) is 4.47. The summed E-state index contributed by atoms with van der Waals surface area (Å²) in [5.74, 6) is 1.45. The Bertz CT molecular complexity index is 297. The first-order valence-corrected chi connectivity index (χ1v) is 9.24. The molecule has 0 amide bonds. The fourth-order valence-electron chi connectivity index (χ4n) is 4.47. The third-order valence-corrected chi connectivity index (χ3v) is 5.76. The Morgan fingerprint density at radius 1 is 1.19 bits per heavy atom. The lowest BCUT2D eigenvalue weighted by Crippen LogP contribution is -2.56. The summed E-state index contributed by atoms with van der Waals surface area (Å²) < 4.78 is 0. The smallest absolute Gasteiger partial charge is 0.0693 e. The van der Waals surface area contributed by atoms with Gasteiger partial charge in [0.2, 0.25) is 0 Å². The van der Waals surface area contributed by atoms with Gasteiger partial charge < -0.3 is 15.5 Å². The highest BCUT2D eigenvalue weighted by Gasteiger charge is 2.39. The van der Waals surface area contributed by atoms with E-state index in [0.717, 1.165) is 38.0 Å². The molecule has 3 nitrogen and oxygen atoms in total. The van der Waals surface area contributed by atoms with E-state index in [4.69, 9.17) is 0 Å². The molecule has 124 valence electrons. The van der Waals surface area contributed by atoms with Gasteiger partial charge in [-0.15, -0.1) is 0 Å². The number of aliphatic hydroxyl groups excluding tert-OH is 2. The van der Waals surface area contributed by atoms with E-state index >= 15 is 0 Å². The first-order valence-electron chi connectivity index (χ1n) is 9.24. The molecule has 1 saturated carbocycles. The number of unbranched alkanes of at least 4 members (excludes halogenated alkanes) is 1. The maximum absolute atomic E-state index is 10.1. The number of nitrogens with one attached hydrogen (secondary N) is 1. The number of fused-ring (bicyclic) bond motifs is 1. The van der Waals surface area contributed by atoms with Crippen LogP contribution in [0.3, 0.4) is 0 Å². The molecule has 0 aromatic rings. The first-order chi connectivity index (χ1) is 10.1. The highest BCUT2D eigenvalue weighted by Crippen LogP contribution is 2.39. The minimum absolute atomic E-state index is 0.0897. The van der Waals surface area contributed by atoms with Gasteiger partial charge in [0.15, 0.2) is 0 Å². The van der Waals surface area contributed by atoms with E-state index in [1.165, 1.54) is 32.1 Å². The van der Waals surface area contributed by atoms with Crippen LogP contribution < -0.4 is 5.32 Å². The van der Waals surface area contributed by atoms with Crippen molar-refractivity contribution in [3.05, 3.63) is 0 Å². The number of rotatable bonds is 7. The van der Waals surface area contributed by atoms with Gasteiger partial charge in [0.1, 0.15) is 0 Å². The Labute approximate surface area is 130 Å². The molecule has 6 atom stereocenters. The van der Waals surface area contributed by atoms with Crippen LogP contribution in [-0.2, 0) is 0 Å². The zero-order chi connectivity index (χ0) is 15.2. The van der Waals surface area contributed by atoms with Crippen LogP contribution in [-0.4, -0.2) is 34.5 Å². The fraction of sp³-hybridized carbons (Fsp3) is 1.00. The van der Waals surface area contributed by atoms with Crippen molar-refractivity contribution < 1.29 is 10.2 Å². The Balaban J connectivity index is 1.72. The van der Waals surface area contributed by atoms with Crippen molar-refractivity contribution in [1.29, 1.82) is 0 Å². The highest BCUT2D eigenvalue weighted by atomic mass is 16.3. The molecule has 1 aliphatic heterocycles. The molecule has 0 aromatic carbocycles. The van der Waals surface area contributed by atoms with Gasteiger partial charge in [0.05, 0.1) is 12.2 Å². The molecule has 0 spiro atoms. The van der Waals surface area contributed by atoms with E-state index < -0.39 is 0 Å². The van der Waals surface area contributed by atoms with Crippen molar-refractivity contribution in [3.8, 4) is 0 Å². The summed E-state index contributed by atoms with van der Waals surface area (Å²) >= 11 is 0. The van der Waals surface area contributed by atoms with Gasteiger partial charge in [-0.1, -0.05) is 45.4 Å². The second kappa shape index (κ2) is 8.50. The van der Waals surface area contributed by atoms with Crippen molar-refractivity contribution in [3.63, 3.8) is 0 Å². The van der Waals surface area contributed by atoms with Gasteiger partial charge in [0, 0.05) is 12.1 Å². The standard InChI is InChI=1S/C18H35NO2/c1-3-7-15(20)10-5-4-8-14-9-6-11-17-16(14)12-18(21)13(2)19-17/h13-21H,3-12H2,1-2H3/t13-,14-,15?,16-,17+,18+/m0/s1. The van der Waals surface area contributed by atoms with Crippen LogP contribution >= 0.6 is 0 Å². The van der Waals surface area contributed by atoms with Crippen molar-refractivity contribution in [1.82, 2.24) is 5.32 Å². The van der Waals surface area contributed by atoms with Gasteiger partial charge in [-0.2, -0.15) is 0 Å². The van der Waals surface area contributed by atoms with Crippen LogP contribution in [0.1, 0.15) is 78.1 Å². The monoisotopic (exact) mass is 297 g/mol. The van der Waals surface area contributed by atoms with Crippen LogP contribution in [0.2, 0.25) is 0 Å². The molecule has 1 unspecified atom stereocenters. The van der Waals surface area contributed by atoms with Crippen molar-refractivity contribution in [2.24, 2.45) is 11.8 Å². The molecule has 3 heteroatoms. The molecule has 1 aliphatic carbocycles. The summed E-state index contributed by atoms with van der Waals surface area (Å²) in [6, 6.07) is 0.891. The van der Waals surface area contributed by atoms with Gasteiger partial charge in [0.25, 0.3) is 0 Å². The van der Waals surface area contributed by atoms with Crippen LogP contribution in [0.4, 0.5) is 0 Å². The first kappa shape index (κ1) is 17.2. The molecule has 2 rings (SSSR count). The number of hydrogen-bond donors (Lipinski definition) is 3. The molecule has 2 fully saturated rings. The third-order valence-electron chi connectivity index (χ3n) is 5.76. The van der Waals surface area contributed by atoms with E-state index in [0.29, 0.717) is 12.0 Å². The van der Waals surface area contributed by atoms with Crippen LogP contribution in [0.5, 0.6) is 0 Å². The van der Waals surface area contributed by atoms with Crippen LogP contribution in [0.15, 0.2) is 0 Å². The molecular formula is C18H35NO2. The molecular weight excluding hydrogens is 262 g/mol. The predicted molar refractivity (Wildman–Crippen MR) is 87.2 cm³/mol. The zero-order valence-corrected chi connectivity index (χ0v) is 13.9. The molecule has 0 radical (unpaired) electrons. The molecule has 0 aromatic heterocycles. The second-order valence-electron chi connectivity index (χ2n) is 7.45.